The zero-order valence-electron chi connectivity index (χ0n) is 10.6. The molecule has 0 aromatic rings. The van der Waals surface area contributed by atoms with Gasteiger partial charge in [-0.25, -0.2) is 0 Å². The van der Waals surface area contributed by atoms with Crippen LogP contribution in [0, 0.1) is 5.92 Å². The molecule has 4 heteroatoms. The lowest BCUT2D eigenvalue weighted by Crippen LogP contribution is -2.43. The van der Waals surface area contributed by atoms with Crippen LogP contribution >= 0.6 is 0 Å². The Morgan fingerprint density at radius 1 is 1.62 bits per heavy atom. The van der Waals surface area contributed by atoms with Crippen molar-refractivity contribution in [3.8, 4) is 0 Å². The smallest absolute Gasteiger partial charge is 0.225 e. The second-order valence-electron chi connectivity index (χ2n) is 4.71. The van der Waals surface area contributed by atoms with Crippen molar-refractivity contribution < 1.29 is 9.53 Å². The Balaban J connectivity index is 2.45. The Kier molecular flexibility index (Phi) is 5.22. The predicted octanol–water partition coefficient (Wildman–Crippen LogP) is 0.997. The van der Waals surface area contributed by atoms with Gasteiger partial charge in [-0.2, -0.15) is 0 Å². The Morgan fingerprint density at radius 2 is 2.31 bits per heavy atom. The summed E-state index contributed by atoms with van der Waals surface area (Å²) in [5.41, 5.74) is 5.45. The van der Waals surface area contributed by atoms with Crippen LogP contribution < -0.4 is 5.73 Å². The molecule has 0 saturated carbocycles. The van der Waals surface area contributed by atoms with Crippen LogP contribution in [-0.4, -0.2) is 43.2 Å². The minimum atomic E-state index is 0.0707. The van der Waals surface area contributed by atoms with Crippen LogP contribution in [0.25, 0.3) is 0 Å². The summed E-state index contributed by atoms with van der Waals surface area (Å²) in [7, 11) is 1.89. The highest BCUT2D eigenvalue weighted by Gasteiger charge is 2.31. The molecule has 94 valence electrons. The van der Waals surface area contributed by atoms with E-state index < -0.39 is 0 Å². The molecule has 16 heavy (non-hydrogen) atoms. The number of rotatable bonds is 5. The highest BCUT2D eigenvalue weighted by molar-refractivity contribution is 5.78. The minimum Gasteiger partial charge on any atom is -0.376 e. The number of ether oxygens (including phenoxy) is 1. The Morgan fingerprint density at radius 3 is 2.81 bits per heavy atom. The standard InChI is InChI=1S/C12H24N2O2/c1-9(5-4-7-13)12(15)14(3)11-6-8-16-10(11)2/h9-11H,4-8,13H2,1-3H3. The van der Waals surface area contributed by atoms with Crippen molar-refractivity contribution in [3.63, 3.8) is 0 Å². The van der Waals surface area contributed by atoms with E-state index in [4.69, 9.17) is 10.5 Å². The van der Waals surface area contributed by atoms with Crippen LogP contribution in [0.4, 0.5) is 0 Å². The van der Waals surface area contributed by atoms with Gasteiger partial charge in [-0.1, -0.05) is 6.92 Å². The van der Waals surface area contributed by atoms with Crippen LogP contribution in [0.5, 0.6) is 0 Å². The second kappa shape index (κ2) is 6.21. The average molecular weight is 228 g/mol. The molecule has 0 aromatic heterocycles. The van der Waals surface area contributed by atoms with Crippen LogP contribution in [0.15, 0.2) is 0 Å². The molecule has 1 aliphatic heterocycles. The molecule has 0 spiro atoms. The van der Waals surface area contributed by atoms with Gasteiger partial charge in [0.1, 0.15) is 0 Å². The number of amides is 1. The number of hydrogen-bond acceptors (Lipinski definition) is 3. The third-order valence-corrected chi connectivity index (χ3v) is 3.44. The average Bonchev–Trinajstić information content (AvgIpc) is 2.70. The Bertz CT molecular complexity index is 233. The number of likely N-dealkylation sites (N-methyl/N-ethyl adjacent to an activating group) is 1. The van der Waals surface area contributed by atoms with Crippen molar-refractivity contribution in [2.45, 2.75) is 45.3 Å². The third-order valence-electron chi connectivity index (χ3n) is 3.44. The Labute approximate surface area is 98.1 Å². The van der Waals surface area contributed by atoms with Gasteiger partial charge in [-0.05, 0) is 32.7 Å². The van der Waals surface area contributed by atoms with Gasteiger partial charge in [-0.3, -0.25) is 4.79 Å². The van der Waals surface area contributed by atoms with Crippen molar-refractivity contribution in [2.75, 3.05) is 20.2 Å². The quantitative estimate of drug-likeness (QED) is 0.763. The zero-order chi connectivity index (χ0) is 12.1. The molecule has 3 unspecified atom stereocenters. The van der Waals surface area contributed by atoms with Crippen molar-refractivity contribution in [2.24, 2.45) is 11.7 Å². The van der Waals surface area contributed by atoms with Gasteiger partial charge in [0.15, 0.2) is 0 Å². The van der Waals surface area contributed by atoms with Crippen molar-refractivity contribution in [1.82, 2.24) is 4.90 Å². The number of carbonyl (C=O) groups is 1. The molecule has 0 radical (unpaired) electrons. The molecular formula is C12H24N2O2. The lowest BCUT2D eigenvalue weighted by atomic mass is 10.0. The fraction of sp³-hybridized carbons (Fsp3) is 0.917. The van der Waals surface area contributed by atoms with Gasteiger partial charge in [0.25, 0.3) is 0 Å². The molecule has 1 heterocycles. The first kappa shape index (κ1) is 13.5. The minimum absolute atomic E-state index is 0.0707. The summed E-state index contributed by atoms with van der Waals surface area (Å²) >= 11 is 0. The van der Waals surface area contributed by atoms with Crippen LogP contribution in [0.2, 0.25) is 0 Å². The maximum atomic E-state index is 12.1. The van der Waals surface area contributed by atoms with Gasteiger partial charge >= 0.3 is 0 Å². The van der Waals surface area contributed by atoms with E-state index in [1.807, 2.05) is 25.8 Å². The molecule has 4 nitrogen and oxygen atoms in total. The van der Waals surface area contributed by atoms with Crippen LogP contribution in [-0.2, 0) is 9.53 Å². The number of hydrogen-bond donors (Lipinski definition) is 1. The molecule has 1 rings (SSSR count). The third kappa shape index (κ3) is 3.19. The number of carbonyl (C=O) groups excluding carboxylic acids is 1. The van der Waals surface area contributed by atoms with Gasteiger partial charge < -0.3 is 15.4 Å². The first-order valence-electron chi connectivity index (χ1n) is 6.16. The van der Waals surface area contributed by atoms with Gasteiger partial charge in [0.05, 0.1) is 12.1 Å². The fourth-order valence-corrected chi connectivity index (χ4v) is 2.29. The van der Waals surface area contributed by atoms with Crippen molar-refractivity contribution in [1.29, 1.82) is 0 Å². The van der Waals surface area contributed by atoms with Crippen LogP contribution in [0.1, 0.15) is 33.1 Å². The van der Waals surface area contributed by atoms with E-state index >= 15 is 0 Å². The van der Waals surface area contributed by atoms with Crippen LogP contribution in [0.3, 0.4) is 0 Å². The first-order valence-corrected chi connectivity index (χ1v) is 6.16. The van der Waals surface area contributed by atoms with E-state index in [1.165, 1.54) is 0 Å². The normalized spacial score (nSPS) is 26.8. The maximum Gasteiger partial charge on any atom is 0.225 e. The van der Waals surface area contributed by atoms with Gasteiger partial charge in [0.2, 0.25) is 5.91 Å². The molecule has 0 aliphatic carbocycles. The SMILES string of the molecule is CC(CCCN)C(=O)N(C)C1CCOC1C. The van der Waals surface area contributed by atoms with Crippen molar-refractivity contribution >= 4 is 5.91 Å². The summed E-state index contributed by atoms with van der Waals surface area (Å²) < 4.78 is 5.48. The van der Waals surface area contributed by atoms with E-state index in [0.717, 1.165) is 25.9 Å². The summed E-state index contributed by atoms with van der Waals surface area (Å²) in [5, 5.41) is 0. The topological polar surface area (TPSA) is 55.6 Å². The van der Waals surface area contributed by atoms with Gasteiger partial charge in [-0.15, -0.1) is 0 Å². The summed E-state index contributed by atoms with van der Waals surface area (Å²) in [6.07, 6.45) is 2.90. The number of nitrogens with two attached hydrogens (primary N) is 1. The highest BCUT2D eigenvalue weighted by atomic mass is 16.5. The molecule has 2 N–H and O–H groups in total. The summed E-state index contributed by atoms with van der Waals surface area (Å²) in [5.74, 6) is 0.289. The Hall–Kier alpha value is -0.610. The monoisotopic (exact) mass is 228 g/mol. The number of nitrogens with zero attached hydrogens (tertiary/aromatic N) is 1. The molecule has 0 aromatic carbocycles. The molecular weight excluding hydrogens is 204 g/mol. The zero-order valence-corrected chi connectivity index (χ0v) is 10.6. The van der Waals surface area contributed by atoms with E-state index in [0.29, 0.717) is 6.54 Å². The van der Waals surface area contributed by atoms with Gasteiger partial charge in [0, 0.05) is 19.6 Å². The largest absolute Gasteiger partial charge is 0.376 e. The van der Waals surface area contributed by atoms with E-state index in [-0.39, 0.29) is 24.0 Å². The van der Waals surface area contributed by atoms with Crippen molar-refractivity contribution in [3.05, 3.63) is 0 Å². The summed E-state index contributed by atoms with van der Waals surface area (Å²) in [6.45, 7) is 5.44. The van der Waals surface area contributed by atoms with E-state index in [1.54, 1.807) is 0 Å². The predicted molar refractivity (Wildman–Crippen MR) is 64.0 cm³/mol. The molecule has 1 aliphatic rings. The van der Waals surface area contributed by atoms with E-state index in [9.17, 15) is 4.79 Å². The summed E-state index contributed by atoms with van der Waals surface area (Å²) in [6, 6.07) is 0.243. The second-order valence-corrected chi connectivity index (χ2v) is 4.71. The molecule has 1 saturated heterocycles. The van der Waals surface area contributed by atoms with E-state index in [2.05, 4.69) is 0 Å². The highest BCUT2D eigenvalue weighted by Crippen LogP contribution is 2.20. The lowest BCUT2D eigenvalue weighted by molar-refractivity contribution is -0.136. The molecule has 3 atom stereocenters. The summed E-state index contributed by atoms with van der Waals surface area (Å²) in [4.78, 5) is 14.0. The molecule has 0 bridgehead atoms. The maximum absolute atomic E-state index is 12.1. The molecule has 1 fully saturated rings. The fourth-order valence-electron chi connectivity index (χ4n) is 2.29. The first-order chi connectivity index (χ1) is 7.57. The lowest BCUT2D eigenvalue weighted by Gasteiger charge is -2.29. The molecule has 1 amide bonds.